The molecule has 0 aliphatic rings. The zero-order valence-corrected chi connectivity index (χ0v) is 16.8. The predicted molar refractivity (Wildman–Crippen MR) is 113 cm³/mol. The molecule has 3 rings (SSSR count). The van der Waals surface area contributed by atoms with Gasteiger partial charge in [0.25, 0.3) is 5.91 Å². The van der Waals surface area contributed by atoms with Gasteiger partial charge in [-0.3, -0.25) is 9.78 Å². The fraction of sp³-hybridized carbons (Fsp3) is 0.182. The van der Waals surface area contributed by atoms with Crippen LogP contribution >= 0.6 is 0 Å². The van der Waals surface area contributed by atoms with E-state index in [1.165, 1.54) is 0 Å². The number of aromatic nitrogens is 1. The van der Waals surface area contributed by atoms with Gasteiger partial charge in [-0.25, -0.2) is 0 Å². The quantitative estimate of drug-likeness (QED) is 0.651. The molecule has 2 aromatic carbocycles. The predicted octanol–water partition coefficient (Wildman–Crippen LogP) is 4.13. The Labute approximate surface area is 169 Å². The number of nitrogens with zero attached hydrogens (tertiary/aromatic N) is 2. The van der Waals surface area contributed by atoms with Gasteiger partial charge in [0.05, 0.1) is 21.3 Å². The maximum absolute atomic E-state index is 12.8. The Kier molecular flexibility index (Phi) is 6.19. The second kappa shape index (κ2) is 8.97. The normalized spacial score (nSPS) is 10.2. The van der Waals surface area contributed by atoms with Gasteiger partial charge in [-0.15, -0.1) is 0 Å². The topological polar surface area (TPSA) is 72.9 Å². The third-order valence-electron chi connectivity index (χ3n) is 4.38. The Morgan fingerprint density at radius 3 is 2.14 bits per heavy atom. The lowest BCUT2D eigenvalue weighted by Crippen LogP contribution is -2.27. The first-order valence-electron chi connectivity index (χ1n) is 8.93. The molecule has 1 heterocycles. The number of rotatable bonds is 7. The van der Waals surface area contributed by atoms with Crippen molar-refractivity contribution in [2.75, 3.05) is 38.6 Å². The Morgan fingerprint density at radius 1 is 0.897 bits per heavy atom. The van der Waals surface area contributed by atoms with Crippen LogP contribution < -0.4 is 24.4 Å². The van der Waals surface area contributed by atoms with E-state index in [4.69, 9.17) is 14.2 Å². The maximum atomic E-state index is 12.8. The lowest BCUT2D eigenvalue weighted by atomic mass is 10.2. The van der Waals surface area contributed by atoms with Crippen molar-refractivity contribution >= 4 is 23.0 Å². The lowest BCUT2D eigenvalue weighted by molar-refractivity contribution is 0.0988. The minimum absolute atomic E-state index is 0.204. The standard InChI is InChI=1S/C22H23N3O4/c1-25(17-8-6-5-7-9-17)22(26)18-12-15(10-11-23-18)24-16-13-19(27-2)21(29-4)20(14-16)28-3/h5-14H,1-4H3,(H,23,24). The first-order chi connectivity index (χ1) is 14.1. The van der Waals surface area contributed by atoms with Crippen LogP contribution in [0.5, 0.6) is 17.2 Å². The van der Waals surface area contributed by atoms with Crippen LogP contribution in [0.2, 0.25) is 0 Å². The zero-order chi connectivity index (χ0) is 20.8. The van der Waals surface area contributed by atoms with E-state index in [9.17, 15) is 4.79 Å². The minimum Gasteiger partial charge on any atom is -0.493 e. The molecular formula is C22H23N3O4. The molecule has 3 aromatic rings. The van der Waals surface area contributed by atoms with Crippen molar-refractivity contribution in [1.29, 1.82) is 0 Å². The number of nitrogens with one attached hydrogen (secondary N) is 1. The smallest absolute Gasteiger partial charge is 0.276 e. The fourth-order valence-corrected chi connectivity index (χ4v) is 2.89. The van der Waals surface area contributed by atoms with Gasteiger partial charge in [-0.2, -0.15) is 0 Å². The van der Waals surface area contributed by atoms with E-state index in [0.29, 0.717) is 28.6 Å². The highest BCUT2D eigenvalue weighted by Crippen LogP contribution is 2.40. The molecule has 1 amide bonds. The summed E-state index contributed by atoms with van der Waals surface area (Å²) in [5, 5.41) is 3.25. The molecule has 0 spiro atoms. The summed E-state index contributed by atoms with van der Waals surface area (Å²) in [7, 11) is 6.39. The van der Waals surface area contributed by atoms with Crippen LogP contribution in [0.15, 0.2) is 60.8 Å². The summed E-state index contributed by atoms with van der Waals surface area (Å²) >= 11 is 0. The first-order valence-corrected chi connectivity index (χ1v) is 8.93. The monoisotopic (exact) mass is 393 g/mol. The molecule has 0 unspecified atom stereocenters. The number of anilines is 3. The number of carbonyl (C=O) groups is 1. The van der Waals surface area contributed by atoms with Crippen LogP contribution in [0.3, 0.4) is 0 Å². The molecule has 1 N–H and O–H groups in total. The number of pyridine rings is 1. The van der Waals surface area contributed by atoms with Gasteiger partial charge in [0.15, 0.2) is 11.5 Å². The van der Waals surface area contributed by atoms with Gasteiger partial charge in [0.1, 0.15) is 5.69 Å². The summed E-state index contributed by atoms with van der Waals surface area (Å²) in [4.78, 5) is 18.6. The molecule has 0 aliphatic carbocycles. The molecule has 0 saturated heterocycles. The molecular weight excluding hydrogens is 370 g/mol. The van der Waals surface area contributed by atoms with Crippen molar-refractivity contribution < 1.29 is 19.0 Å². The van der Waals surface area contributed by atoms with E-state index in [1.807, 2.05) is 30.3 Å². The Hall–Kier alpha value is -3.74. The molecule has 0 fully saturated rings. The van der Waals surface area contributed by atoms with Crippen LogP contribution in [-0.4, -0.2) is 39.3 Å². The van der Waals surface area contributed by atoms with Gasteiger partial charge >= 0.3 is 0 Å². The average Bonchev–Trinajstić information content (AvgIpc) is 2.78. The maximum Gasteiger partial charge on any atom is 0.276 e. The first kappa shape index (κ1) is 20.0. The SMILES string of the molecule is COc1cc(Nc2ccnc(C(=O)N(C)c3ccccc3)c2)cc(OC)c1OC. The number of benzene rings is 2. The van der Waals surface area contributed by atoms with Crippen molar-refractivity contribution in [3.8, 4) is 17.2 Å². The second-order valence-corrected chi connectivity index (χ2v) is 6.17. The third kappa shape index (κ3) is 4.40. The largest absolute Gasteiger partial charge is 0.493 e. The van der Waals surface area contributed by atoms with Crippen molar-refractivity contribution in [2.24, 2.45) is 0 Å². The highest BCUT2D eigenvalue weighted by molar-refractivity contribution is 6.04. The molecule has 0 radical (unpaired) electrons. The van der Waals surface area contributed by atoms with Gasteiger partial charge in [0, 0.05) is 42.4 Å². The van der Waals surface area contributed by atoms with E-state index in [-0.39, 0.29) is 5.91 Å². The fourth-order valence-electron chi connectivity index (χ4n) is 2.89. The van der Waals surface area contributed by atoms with Crippen LogP contribution in [0.25, 0.3) is 0 Å². The summed E-state index contributed by atoms with van der Waals surface area (Å²) < 4.78 is 16.1. The Morgan fingerprint density at radius 2 is 1.55 bits per heavy atom. The van der Waals surface area contributed by atoms with Gasteiger partial charge in [-0.05, 0) is 24.3 Å². The van der Waals surface area contributed by atoms with E-state index in [0.717, 1.165) is 11.4 Å². The Balaban J connectivity index is 1.86. The summed E-state index contributed by atoms with van der Waals surface area (Å²) in [5.74, 6) is 1.37. The van der Waals surface area contributed by atoms with Crippen molar-refractivity contribution in [1.82, 2.24) is 4.98 Å². The number of methoxy groups -OCH3 is 3. The second-order valence-electron chi connectivity index (χ2n) is 6.17. The molecule has 1 aromatic heterocycles. The summed E-state index contributed by atoms with van der Waals surface area (Å²) in [6.45, 7) is 0. The zero-order valence-electron chi connectivity index (χ0n) is 16.8. The highest BCUT2D eigenvalue weighted by Gasteiger charge is 2.16. The third-order valence-corrected chi connectivity index (χ3v) is 4.38. The number of para-hydroxylation sites is 1. The molecule has 7 nitrogen and oxygen atoms in total. The van der Waals surface area contributed by atoms with Crippen LogP contribution in [0.1, 0.15) is 10.5 Å². The molecule has 150 valence electrons. The van der Waals surface area contributed by atoms with E-state index < -0.39 is 0 Å². The molecule has 0 bridgehead atoms. The van der Waals surface area contributed by atoms with Crippen molar-refractivity contribution in [3.05, 3.63) is 66.5 Å². The number of hydrogen-bond acceptors (Lipinski definition) is 6. The average molecular weight is 393 g/mol. The van der Waals surface area contributed by atoms with Gasteiger partial charge < -0.3 is 24.4 Å². The highest BCUT2D eigenvalue weighted by atomic mass is 16.5. The Bertz CT molecular complexity index is 967. The molecule has 0 saturated carbocycles. The van der Waals surface area contributed by atoms with Crippen LogP contribution in [0.4, 0.5) is 17.1 Å². The molecule has 0 aliphatic heterocycles. The van der Waals surface area contributed by atoms with E-state index in [2.05, 4.69) is 10.3 Å². The van der Waals surface area contributed by atoms with Gasteiger partial charge in [-0.1, -0.05) is 18.2 Å². The number of carbonyl (C=O) groups excluding carboxylic acids is 1. The van der Waals surface area contributed by atoms with Crippen LogP contribution in [-0.2, 0) is 0 Å². The summed E-state index contributed by atoms with van der Waals surface area (Å²) in [5.41, 5.74) is 2.55. The molecule has 29 heavy (non-hydrogen) atoms. The van der Waals surface area contributed by atoms with Crippen LogP contribution in [0, 0.1) is 0 Å². The number of hydrogen-bond donors (Lipinski definition) is 1. The number of amides is 1. The summed E-state index contributed by atoms with van der Waals surface area (Å²) in [6, 6.07) is 16.5. The van der Waals surface area contributed by atoms with Gasteiger partial charge in [0.2, 0.25) is 5.75 Å². The molecule has 7 heteroatoms. The molecule has 0 atom stereocenters. The van der Waals surface area contributed by atoms with Crippen molar-refractivity contribution in [3.63, 3.8) is 0 Å². The lowest BCUT2D eigenvalue weighted by Gasteiger charge is -2.18. The van der Waals surface area contributed by atoms with E-state index in [1.54, 1.807) is 63.7 Å². The van der Waals surface area contributed by atoms with Crippen molar-refractivity contribution in [2.45, 2.75) is 0 Å². The van der Waals surface area contributed by atoms with E-state index >= 15 is 0 Å². The minimum atomic E-state index is -0.204. The summed E-state index contributed by atoms with van der Waals surface area (Å²) in [6.07, 6.45) is 1.59. The number of ether oxygens (including phenoxy) is 3.